The minimum absolute atomic E-state index is 0.0707. The van der Waals surface area contributed by atoms with Gasteiger partial charge in [0.15, 0.2) is 11.6 Å². The number of halogens is 1. The summed E-state index contributed by atoms with van der Waals surface area (Å²) in [4.78, 5) is 15.0. The molecular formula is C32H45FN2O2S. The zero-order valence-corrected chi connectivity index (χ0v) is 23.9. The lowest BCUT2D eigenvalue weighted by molar-refractivity contribution is -0.115. The molecule has 0 saturated carbocycles. The van der Waals surface area contributed by atoms with Crippen molar-refractivity contribution in [3.63, 3.8) is 0 Å². The van der Waals surface area contributed by atoms with E-state index < -0.39 is 5.82 Å². The molecule has 38 heavy (non-hydrogen) atoms. The standard InChI is InChI=1S/C32H45FN2O2S/c1-2-3-4-5-6-7-8-9-10-11-12-13-21-37-32-28(17-15-19-30(32)33)24-31(36)34-29-18-14-16-27(23-29)25-35-20-22-38-26-35/h14-20,22-23H,2-13,21,24-26H2,1H3,(H,34,36). The number of nitrogens with zero attached hydrogens (tertiary/aromatic N) is 1. The Hall–Kier alpha value is -2.47. The molecule has 1 aliphatic rings. The molecule has 0 saturated heterocycles. The number of nitrogens with one attached hydrogen (secondary N) is 1. The molecule has 2 aromatic carbocycles. The van der Waals surface area contributed by atoms with Gasteiger partial charge in [0, 0.05) is 24.0 Å². The monoisotopic (exact) mass is 540 g/mol. The first-order valence-electron chi connectivity index (χ1n) is 14.5. The second kappa shape index (κ2) is 17.9. The highest BCUT2D eigenvalue weighted by Crippen LogP contribution is 2.25. The molecule has 0 unspecified atom stereocenters. The minimum Gasteiger partial charge on any atom is -0.490 e. The molecule has 0 aromatic heterocycles. The first-order chi connectivity index (χ1) is 18.7. The number of rotatable bonds is 19. The molecule has 0 radical (unpaired) electrons. The van der Waals surface area contributed by atoms with Gasteiger partial charge in [-0.3, -0.25) is 4.79 Å². The van der Waals surface area contributed by atoms with Crippen LogP contribution in [0.4, 0.5) is 10.1 Å². The van der Waals surface area contributed by atoms with Gasteiger partial charge >= 0.3 is 0 Å². The highest BCUT2D eigenvalue weighted by Gasteiger charge is 2.14. The Labute approximate surface area is 233 Å². The summed E-state index contributed by atoms with van der Waals surface area (Å²) in [5, 5.41) is 5.05. The summed E-state index contributed by atoms with van der Waals surface area (Å²) in [6.45, 7) is 3.53. The summed E-state index contributed by atoms with van der Waals surface area (Å²) in [7, 11) is 0. The lowest BCUT2D eigenvalue weighted by Gasteiger charge is -2.15. The van der Waals surface area contributed by atoms with Crippen LogP contribution in [0.15, 0.2) is 54.1 Å². The molecular weight excluding hydrogens is 495 g/mol. The first-order valence-corrected chi connectivity index (χ1v) is 15.5. The molecule has 208 valence electrons. The SMILES string of the molecule is CCCCCCCCCCCCCCOc1c(F)cccc1CC(=O)Nc1cccc(CN2C=CSC2)c1. The number of carbonyl (C=O) groups excluding carboxylic acids is 1. The van der Waals surface area contributed by atoms with Crippen LogP contribution in [0.2, 0.25) is 0 Å². The average Bonchev–Trinajstić information content (AvgIpc) is 3.41. The van der Waals surface area contributed by atoms with E-state index in [2.05, 4.69) is 34.8 Å². The van der Waals surface area contributed by atoms with E-state index >= 15 is 0 Å². The Morgan fingerprint density at radius 2 is 1.63 bits per heavy atom. The number of hydrogen-bond acceptors (Lipinski definition) is 4. The number of unbranched alkanes of at least 4 members (excludes halogenated alkanes) is 11. The van der Waals surface area contributed by atoms with Crippen LogP contribution < -0.4 is 10.1 Å². The van der Waals surface area contributed by atoms with Gasteiger partial charge in [-0.15, -0.1) is 11.8 Å². The summed E-state index contributed by atoms with van der Waals surface area (Å²) < 4.78 is 20.4. The Morgan fingerprint density at radius 3 is 2.32 bits per heavy atom. The van der Waals surface area contributed by atoms with Crippen molar-refractivity contribution < 1.29 is 13.9 Å². The van der Waals surface area contributed by atoms with E-state index in [4.69, 9.17) is 4.74 Å². The molecule has 3 rings (SSSR count). The fraction of sp³-hybridized carbons (Fsp3) is 0.531. The summed E-state index contributed by atoms with van der Waals surface area (Å²) in [5.74, 6) is 0.559. The second-order valence-corrected chi connectivity index (χ2v) is 11.1. The van der Waals surface area contributed by atoms with E-state index in [1.165, 1.54) is 70.3 Å². The van der Waals surface area contributed by atoms with Crippen molar-refractivity contribution in [2.45, 2.75) is 96.9 Å². The Morgan fingerprint density at radius 1 is 0.947 bits per heavy atom. The molecule has 2 aromatic rings. The van der Waals surface area contributed by atoms with Crippen molar-refractivity contribution in [3.8, 4) is 5.75 Å². The van der Waals surface area contributed by atoms with Crippen LogP contribution in [0.3, 0.4) is 0 Å². The van der Waals surface area contributed by atoms with Gasteiger partial charge < -0.3 is 15.0 Å². The van der Waals surface area contributed by atoms with Crippen molar-refractivity contribution in [1.29, 1.82) is 0 Å². The van der Waals surface area contributed by atoms with E-state index in [1.807, 2.05) is 18.2 Å². The van der Waals surface area contributed by atoms with Crippen molar-refractivity contribution in [1.82, 2.24) is 4.90 Å². The highest BCUT2D eigenvalue weighted by atomic mass is 32.2. The maximum atomic E-state index is 14.6. The molecule has 0 atom stereocenters. The van der Waals surface area contributed by atoms with Crippen LogP contribution in [0, 0.1) is 5.82 Å². The van der Waals surface area contributed by atoms with Crippen molar-refractivity contribution in [2.75, 3.05) is 17.8 Å². The highest BCUT2D eigenvalue weighted by molar-refractivity contribution is 8.02. The molecule has 1 N–H and O–H groups in total. The third-order valence-corrected chi connectivity index (χ3v) is 7.64. The van der Waals surface area contributed by atoms with Crippen LogP contribution in [-0.4, -0.2) is 23.3 Å². The van der Waals surface area contributed by atoms with E-state index in [9.17, 15) is 9.18 Å². The van der Waals surface area contributed by atoms with Gasteiger partial charge in [0.2, 0.25) is 5.91 Å². The van der Waals surface area contributed by atoms with Crippen LogP contribution in [0.5, 0.6) is 5.75 Å². The Kier molecular flexibility index (Phi) is 14.2. The van der Waals surface area contributed by atoms with Crippen molar-refractivity contribution >= 4 is 23.4 Å². The van der Waals surface area contributed by atoms with Crippen LogP contribution >= 0.6 is 11.8 Å². The number of thioether (sulfide) groups is 1. The van der Waals surface area contributed by atoms with E-state index in [1.54, 1.807) is 23.9 Å². The summed E-state index contributed by atoms with van der Waals surface area (Å²) >= 11 is 1.77. The zero-order chi connectivity index (χ0) is 26.8. The first kappa shape index (κ1) is 30.1. The summed E-state index contributed by atoms with van der Waals surface area (Å²) in [6, 6.07) is 12.7. The minimum atomic E-state index is -0.409. The van der Waals surface area contributed by atoms with E-state index in [0.717, 1.165) is 36.5 Å². The molecule has 4 nitrogen and oxygen atoms in total. The fourth-order valence-corrected chi connectivity index (χ4v) is 5.45. The number of amides is 1. The number of hydrogen-bond donors (Lipinski definition) is 1. The third-order valence-electron chi connectivity index (χ3n) is 6.85. The molecule has 0 aliphatic carbocycles. The lowest BCUT2D eigenvalue weighted by Crippen LogP contribution is -2.16. The quantitative estimate of drug-likeness (QED) is 0.180. The Balaban J connectivity index is 1.35. The molecule has 0 fully saturated rings. The van der Waals surface area contributed by atoms with Gasteiger partial charge in [-0.25, -0.2) is 4.39 Å². The van der Waals surface area contributed by atoms with Gasteiger partial charge in [-0.1, -0.05) is 102 Å². The third kappa shape index (κ3) is 11.5. The molecule has 1 aliphatic heterocycles. The normalized spacial score (nSPS) is 12.7. The largest absolute Gasteiger partial charge is 0.490 e. The second-order valence-electron chi connectivity index (χ2n) is 10.2. The maximum Gasteiger partial charge on any atom is 0.228 e. The van der Waals surface area contributed by atoms with Gasteiger partial charge in [0.05, 0.1) is 18.9 Å². The van der Waals surface area contributed by atoms with Crippen LogP contribution in [0.25, 0.3) is 0 Å². The van der Waals surface area contributed by atoms with Gasteiger partial charge in [-0.05, 0) is 35.6 Å². The summed E-state index contributed by atoms with van der Waals surface area (Å²) in [5.41, 5.74) is 2.46. The van der Waals surface area contributed by atoms with Crippen molar-refractivity contribution in [3.05, 3.63) is 71.0 Å². The number of benzene rings is 2. The van der Waals surface area contributed by atoms with Crippen LogP contribution in [0.1, 0.15) is 95.1 Å². The predicted molar refractivity (Wildman–Crippen MR) is 159 cm³/mol. The topological polar surface area (TPSA) is 41.6 Å². The van der Waals surface area contributed by atoms with Crippen molar-refractivity contribution in [2.24, 2.45) is 0 Å². The number of carbonyl (C=O) groups is 1. The zero-order valence-electron chi connectivity index (χ0n) is 23.1. The predicted octanol–water partition coefficient (Wildman–Crippen LogP) is 9.06. The average molecular weight is 541 g/mol. The molecule has 0 bridgehead atoms. The summed E-state index contributed by atoms with van der Waals surface area (Å²) in [6.07, 6.45) is 17.4. The number of anilines is 1. The molecule has 0 spiro atoms. The molecule has 6 heteroatoms. The van der Waals surface area contributed by atoms with Gasteiger partial charge in [0.25, 0.3) is 0 Å². The smallest absolute Gasteiger partial charge is 0.228 e. The molecule has 1 heterocycles. The van der Waals surface area contributed by atoms with Gasteiger partial charge in [0.1, 0.15) is 0 Å². The maximum absolute atomic E-state index is 14.6. The van der Waals surface area contributed by atoms with Gasteiger partial charge in [-0.2, -0.15) is 0 Å². The van der Waals surface area contributed by atoms with Crippen LogP contribution in [-0.2, 0) is 17.8 Å². The Bertz CT molecular complexity index is 997. The molecule has 1 amide bonds. The van der Waals surface area contributed by atoms with E-state index in [-0.39, 0.29) is 18.1 Å². The lowest BCUT2D eigenvalue weighted by atomic mass is 10.1. The number of para-hydroxylation sites is 1. The van der Waals surface area contributed by atoms with E-state index in [0.29, 0.717) is 12.2 Å². The number of ether oxygens (including phenoxy) is 1. The fourth-order valence-electron chi connectivity index (χ4n) is 4.74.